The van der Waals surface area contributed by atoms with Crippen LogP contribution in [0.3, 0.4) is 0 Å². The largest absolute Gasteiger partial charge is 0.490 e. The zero-order chi connectivity index (χ0) is 16.8. The molecule has 5 heteroatoms. The second kappa shape index (κ2) is 8.02. The summed E-state index contributed by atoms with van der Waals surface area (Å²) in [4.78, 5) is 12.4. The summed E-state index contributed by atoms with van der Waals surface area (Å²) in [6, 6.07) is 11.0. The Balaban J connectivity index is 2.26. The number of aryl methyl sites for hydroxylation is 1. The highest BCUT2D eigenvalue weighted by Crippen LogP contribution is 2.37. The van der Waals surface area contributed by atoms with Crippen LogP contribution in [0.1, 0.15) is 29.8 Å². The Morgan fingerprint density at radius 3 is 2.17 bits per heavy atom. The van der Waals surface area contributed by atoms with Gasteiger partial charge in [-0.3, -0.25) is 4.79 Å². The lowest BCUT2D eigenvalue weighted by atomic mass is 10.1. The molecule has 1 amide bonds. The Hall–Kier alpha value is -2.01. The fourth-order valence-corrected chi connectivity index (χ4v) is 2.49. The van der Waals surface area contributed by atoms with E-state index in [9.17, 15) is 4.79 Å². The van der Waals surface area contributed by atoms with Crippen molar-refractivity contribution in [2.24, 2.45) is 0 Å². The number of benzene rings is 2. The van der Waals surface area contributed by atoms with Crippen molar-refractivity contribution >= 4 is 27.5 Å². The van der Waals surface area contributed by atoms with E-state index in [1.54, 1.807) is 24.3 Å². The first-order valence-electron chi connectivity index (χ1n) is 7.52. The fourth-order valence-electron chi connectivity index (χ4n) is 2.07. The van der Waals surface area contributed by atoms with E-state index in [-0.39, 0.29) is 5.91 Å². The lowest BCUT2D eigenvalue weighted by Crippen LogP contribution is -2.12. The summed E-state index contributed by atoms with van der Waals surface area (Å²) in [5, 5.41) is 2.89. The molecule has 0 aliphatic heterocycles. The molecule has 0 atom stereocenters. The second-order valence-electron chi connectivity index (χ2n) is 4.96. The number of hydrogen-bond acceptors (Lipinski definition) is 3. The molecule has 122 valence electrons. The van der Waals surface area contributed by atoms with Gasteiger partial charge in [-0.2, -0.15) is 0 Å². The maximum absolute atomic E-state index is 12.4. The normalized spacial score (nSPS) is 10.3. The molecule has 0 aromatic heterocycles. The number of rotatable bonds is 6. The van der Waals surface area contributed by atoms with Gasteiger partial charge in [0, 0.05) is 22.2 Å². The summed E-state index contributed by atoms with van der Waals surface area (Å²) >= 11 is 3.46. The van der Waals surface area contributed by atoms with E-state index in [1.807, 2.05) is 32.9 Å². The molecule has 0 fully saturated rings. The molecule has 4 nitrogen and oxygen atoms in total. The number of halogens is 1. The van der Waals surface area contributed by atoms with Gasteiger partial charge in [-0.15, -0.1) is 0 Å². The molecule has 0 heterocycles. The van der Waals surface area contributed by atoms with Crippen LogP contribution in [0.5, 0.6) is 11.5 Å². The molecule has 0 aliphatic carbocycles. The van der Waals surface area contributed by atoms with E-state index >= 15 is 0 Å². The summed E-state index contributed by atoms with van der Waals surface area (Å²) in [6.45, 7) is 6.87. The number of carbonyl (C=O) groups excluding carboxylic acids is 1. The zero-order valence-electron chi connectivity index (χ0n) is 13.5. The SMILES string of the molecule is CCOc1cc(Br)c(NC(=O)c2ccc(C)cc2)cc1OCC. The van der Waals surface area contributed by atoms with Gasteiger partial charge in [0.2, 0.25) is 0 Å². The van der Waals surface area contributed by atoms with Crippen molar-refractivity contribution in [2.45, 2.75) is 20.8 Å². The molecule has 0 aliphatic rings. The summed E-state index contributed by atoms with van der Waals surface area (Å²) in [5.74, 6) is 1.09. The van der Waals surface area contributed by atoms with Gasteiger partial charge < -0.3 is 14.8 Å². The van der Waals surface area contributed by atoms with Crippen LogP contribution >= 0.6 is 15.9 Å². The lowest BCUT2D eigenvalue weighted by molar-refractivity contribution is 0.102. The van der Waals surface area contributed by atoms with Crippen LogP contribution in [0, 0.1) is 6.92 Å². The van der Waals surface area contributed by atoms with Crippen molar-refractivity contribution in [1.29, 1.82) is 0 Å². The summed E-state index contributed by atoms with van der Waals surface area (Å²) in [7, 11) is 0. The van der Waals surface area contributed by atoms with Crippen molar-refractivity contribution in [3.05, 3.63) is 52.0 Å². The third-order valence-electron chi connectivity index (χ3n) is 3.20. The van der Waals surface area contributed by atoms with Crippen molar-refractivity contribution < 1.29 is 14.3 Å². The summed E-state index contributed by atoms with van der Waals surface area (Å²) in [5.41, 5.74) is 2.36. The maximum Gasteiger partial charge on any atom is 0.255 e. The number of anilines is 1. The van der Waals surface area contributed by atoms with E-state index in [0.29, 0.717) is 36.0 Å². The van der Waals surface area contributed by atoms with Crippen LogP contribution in [0.4, 0.5) is 5.69 Å². The second-order valence-corrected chi connectivity index (χ2v) is 5.82. The lowest BCUT2D eigenvalue weighted by Gasteiger charge is -2.15. The minimum absolute atomic E-state index is 0.169. The van der Waals surface area contributed by atoms with Crippen molar-refractivity contribution in [1.82, 2.24) is 0 Å². The first-order valence-corrected chi connectivity index (χ1v) is 8.31. The third kappa shape index (κ3) is 4.48. The average molecular weight is 378 g/mol. The number of amides is 1. The molecule has 0 spiro atoms. The molecule has 2 aromatic carbocycles. The standard InChI is InChI=1S/C18H20BrNO3/c1-4-22-16-10-14(19)15(11-17(16)23-5-2)20-18(21)13-8-6-12(3)7-9-13/h6-11H,4-5H2,1-3H3,(H,20,21). The Bertz CT molecular complexity index is 683. The van der Waals surface area contributed by atoms with E-state index < -0.39 is 0 Å². The predicted octanol–water partition coefficient (Wildman–Crippen LogP) is 4.81. The minimum atomic E-state index is -0.169. The van der Waals surface area contributed by atoms with Gasteiger partial charge in [-0.05, 0) is 48.8 Å². The number of ether oxygens (including phenoxy) is 2. The average Bonchev–Trinajstić information content (AvgIpc) is 2.52. The van der Waals surface area contributed by atoms with E-state index in [4.69, 9.17) is 9.47 Å². The smallest absolute Gasteiger partial charge is 0.255 e. The number of hydrogen-bond donors (Lipinski definition) is 1. The van der Waals surface area contributed by atoms with Gasteiger partial charge in [-0.25, -0.2) is 0 Å². The quantitative estimate of drug-likeness (QED) is 0.785. The molecule has 0 saturated carbocycles. The predicted molar refractivity (Wildman–Crippen MR) is 95.6 cm³/mol. The fraction of sp³-hybridized carbons (Fsp3) is 0.278. The molecule has 1 N–H and O–H groups in total. The van der Waals surface area contributed by atoms with Crippen molar-refractivity contribution in [3.8, 4) is 11.5 Å². The van der Waals surface area contributed by atoms with Crippen LogP contribution < -0.4 is 14.8 Å². The van der Waals surface area contributed by atoms with E-state index in [0.717, 1.165) is 10.0 Å². The first kappa shape index (κ1) is 17.3. The van der Waals surface area contributed by atoms with Gasteiger partial charge in [0.1, 0.15) is 0 Å². The van der Waals surface area contributed by atoms with Crippen LogP contribution in [0.2, 0.25) is 0 Å². The van der Waals surface area contributed by atoms with Crippen LogP contribution in [-0.2, 0) is 0 Å². The van der Waals surface area contributed by atoms with Gasteiger partial charge in [0.05, 0.1) is 18.9 Å². The molecule has 0 bridgehead atoms. The van der Waals surface area contributed by atoms with Crippen LogP contribution in [0.15, 0.2) is 40.9 Å². The van der Waals surface area contributed by atoms with Crippen LogP contribution in [0.25, 0.3) is 0 Å². The number of carbonyl (C=O) groups is 1. The van der Waals surface area contributed by atoms with Gasteiger partial charge >= 0.3 is 0 Å². The van der Waals surface area contributed by atoms with Crippen LogP contribution in [-0.4, -0.2) is 19.1 Å². The first-order chi connectivity index (χ1) is 11.0. The summed E-state index contributed by atoms with van der Waals surface area (Å²) < 4.78 is 11.9. The summed E-state index contributed by atoms with van der Waals surface area (Å²) in [6.07, 6.45) is 0. The van der Waals surface area contributed by atoms with E-state index in [2.05, 4.69) is 21.2 Å². The highest BCUT2D eigenvalue weighted by atomic mass is 79.9. The Morgan fingerprint density at radius 2 is 1.61 bits per heavy atom. The molecule has 0 saturated heterocycles. The maximum atomic E-state index is 12.4. The molecular weight excluding hydrogens is 358 g/mol. The van der Waals surface area contributed by atoms with Gasteiger partial charge in [0.25, 0.3) is 5.91 Å². The molecule has 0 radical (unpaired) electrons. The minimum Gasteiger partial charge on any atom is -0.490 e. The van der Waals surface area contributed by atoms with Crippen molar-refractivity contribution in [2.75, 3.05) is 18.5 Å². The topological polar surface area (TPSA) is 47.6 Å². The number of nitrogens with one attached hydrogen (secondary N) is 1. The Labute approximate surface area is 144 Å². The van der Waals surface area contributed by atoms with Gasteiger partial charge in [-0.1, -0.05) is 17.7 Å². The highest BCUT2D eigenvalue weighted by molar-refractivity contribution is 9.10. The monoisotopic (exact) mass is 377 g/mol. The molecule has 23 heavy (non-hydrogen) atoms. The molecule has 2 aromatic rings. The third-order valence-corrected chi connectivity index (χ3v) is 3.85. The van der Waals surface area contributed by atoms with E-state index in [1.165, 1.54) is 0 Å². The molecular formula is C18H20BrNO3. The van der Waals surface area contributed by atoms with Crippen molar-refractivity contribution in [3.63, 3.8) is 0 Å². The molecule has 2 rings (SSSR count). The highest BCUT2D eigenvalue weighted by Gasteiger charge is 2.13. The molecule has 0 unspecified atom stereocenters. The van der Waals surface area contributed by atoms with Gasteiger partial charge in [0.15, 0.2) is 11.5 Å². The Kier molecular flexibility index (Phi) is 6.04. The Morgan fingerprint density at radius 1 is 1.04 bits per heavy atom. The zero-order valence-corrected chi connectivity index (χ0v) is 15.1.